The van der Waals surface area contributed by atoms with Gasteiger partial charge in [0.05, 0.1) is 18.9 Å². The number of amides is 2. The molecule has 0 bridgehead atoms. The Kier molecular flexibility index (Phi) is 8.64. The maximum Gasteiger partial charge on any atom is 0.239 e. The second-order valence-corrected chi connectivity index (χ2v) is 6.14. The van der Waals surface area contributed by atoms with Crippen molar-refractivity contribution >= 4 is 23.6 Å². The molecule has 0 spiro atoms. The third kappa shape index (κ3) is 7.12. The minimum atomic E-state index is -0.148. The second-order valence-electron chi connectivity index (χ2n) is 4.85. The second kappa shape index (κ2) is 10.0. The van der Waals surface area contributed by atoms with Crippen LogP contribution in [0.15, 0.2) is 0 Å². The standard InChI is InChI=1S/C13H25N3O3S/c1-16(9-12(17)15-7-8-19-2)13(18)10-20-11-3-5-14-6-4-11/h11,14H,3-10H2,1-2H3,(H,15,17). The first-order chi connectivity index (χ1) is 9.63. The van der Waals surface area contributed by atoms with Crippen molar-refractivity contribution in [3.05, 3.63) is 0 Å². The van der Waals surface area contributed by atoms with Crippen LogP contribution in [0.3, 0.4) is 0 Å². The normalized spacial score (nSPS) is 15.9. The average molecular weight is 303 g/mol. The topological polar surface area (TPSA) is 70.7 Å². The third-order valence-corrected chi connectivity index (χ3v) is 4.52. The predicted octanol–water partition coefficient (Wildman–Crippen LogP) is -0.307. The van der Waals surface area contributed by atoms with Crippen molar-refractivity contribution in [3.63, 3.8) is 0 Å². The minimum absolute atomic E-state index is 0.00965. The van der Waals surface area contributed by atoms with Gasteiger partial charge in [-0.2, -0.15) is 0 Å². The summed E-state index contributed by atoms with van der Waals surface area (Å²) in [5, 5.41) is 6.57. The van der Waals surface area contributed by atoms with Crippen LogP contribution in [0.5, 0.6) is 0 Å². The maximum absolute atomic E-state index is 11.9. The summed E-state index contributed by atoms with van der Waals surface area (Å²) in [6.07, 6.45) is 2.22. The van der Waals surface area contributed by atoms with E-state index >= 15 is 0 Å². The lowest BCUT2D eigenvalue weighted by atomic mass is 10.2. The van der Waals surface area contributed by atoms with Crippen molar-refractivity contribution in [2.75, 3.05) is 52.7 Å². The highest BCUT2D eigenvalue weighted by Crippen LogP contribution is 2.20. The molecule has 2 amide bonds. The van der Waals surface area contributed by atoms with Crippen molar-refractivity contribution in [3.8, 4) is 0 Å². The maximum atomic E-state index is 11.9. The molecule has 1 fully saturated rings. The molecule has 1 aliphatic heterocycles. The number of rotatable bonds is 8. The highest BCUT2D eigenvalue weighted by molar-refractivity contribution is 8.00. The number of ether oxygens (including phenoxy) is 1. The Hall–Kier alpha value is -0.790. The molecule has 1 heterocycles. The van der Waals surface area contributed by atoms with Crippen LogP contribution >= 0.6 is 11.8 Å². The molecule has 1 aliphatic rings. The van der Waals surface area contributed by atoms with E-state index in [2.05, 4.69) is 10.6 Å². The van der Waals surface area contributed by atoms with Crippen molar-refractivity contribution in [1.29, 1.82) is 0 Å². The van der Waals surface area contributed by atoms with Crippen LogP contribution in [0.4, 0.5) is 0 Å². The van der Waals surface area contributed by atoms with Gasteiger partial charge < -0.3 is 20.3 Å². The molecule has 20 heavy (non-hydrogen) atoms. The van der Waals surface area contributed by atoms with Gasteiger partial charge in [-0.25, -0.2) is 0 Å². The molecule has 2 N–H and O–H groups in total. The Morgan fingerprint density at radius 2 is 2.10 bits per heavy atom. The van der Waals surface area contributed by atoms with Crippen LogP contribution in [0.1, 0.15) is 12.8 Å². The summed E-state index contributed by atoms with van der Waals surface area (Å²) < 4.78 is 4.85. The number of carbonyl (C=O) groups excluding carboxylic acids is 2. The average Bonchev–Trinajstić information content (AvgIpc) is 2.46. The zero-order valence-electron chi connectivity index (χ0n) is 12.3. The number of hydrogen-bond acceptors (Lipinski definition) is 5. The molecule has 0 aromatic carbocycles. The first kappa shape index (κ1) is 17.3. The van der Waals surface area contributed by atoms with Crippen molar-refractivity contribution < 1.29 is 14.3 Å². The van der Waals surface area contributed by atoms with Crippen LogP contribution in [-0.2, 0) is 14.3 Å². The Morgan fingerprint density at radius 3 is 2.75 bits per heavy atom. The third-order valence-electron chi connectivity index (χ3n) is 3.16. The van der Waals surface area contributed by atoms with E-state index in [1.54, 1.807) is 25.9 Å². The van der Waals surface area contributed by atoms with Crippen LogP contribution in [0, 0.1) is 0 Å². The fraction of sp³-hybridized carbons (Fsp3) is 0.846. The van der Waals surface area contributed by atoms with Crippen LogP contribution < -0.4 is 10.6 Å². The molecule has 6 nitrogen and oxygen atoms in total. The van der Waals surface area contributed by atoms with Crippen molar-refractivity contribution in [1.82, 2.24) is 15.5 Å². The van der Waals surface area contributed by atoms with Gasteiger partial charge in [-0.05, 0) is 25.9 Å². The van der Waals surface area contributed by atoms with E-state index in [9.17, 15) is 9.59 Å². The molecular formula is C13H25N3O3S. The Bertz CT molecular complexity index is 309. The number of nitrogens with zero attached hydrogens (tertiary/aromatic N) is 1. The number of nitrogens with one attached hydrogen (secondary N) is 2. The summed E-state index contributed by atoms with van der Waals surface area (Å²) in [5.41, 5.74) is 0. The first-order valence-corrected chi connectivity index (χ1v) is 8.00. The molecular weight excluding hydrogens is 278 g/mol. The molecule has 0 unspecified atom stereocenters. The largest absolute Gasteiger partial charge is 0.383 e. The SMILES string of the molecule is COCCNC(=O)CN(C)C(=O)CSC1CCNCC1. The zero-order valence-corrected chi connectivity index (χ0v) is 13.1. The molecule has 0 aliphatic carbocycles. The van der Waals surface area contributed by atoms with E-state index in [1.807, 2.05) is 0 Å². The number of piperidine rings is 1. The molecule has 0 aromatic rings. The number of methoxy groups -OCH3 is 1. The molecule has 0 radical (unpaired) electrons. The van der Waals surface area contributed by atoms with Gasteiger partial charge >= 0.3 is 0 Å². The van der Waals surface area contributed by atoms with Gasteiger partial charge in [0, 0.05) is 26.0 Å². The summed E-state index contributed by atoms with van der Waals surface area (Å²) in [6.45, 7) is 3.12. The zero-order chi connectivity index (χ0) is 14.8. The van der Waals surface area contributed by atoms with Gasteiger partial charge in [0.1, 0.15) is 0 Å². The summed E-state index contributed by atoms with van der Waals surface area (Å²) in [7, 11) is 3.25. The Balaban J connectivity index is 2.15. The van der Waals surface area contributed by atoms with E-state index in [0.717, 1.165) is 25.9 Å². The lowest BCUT2D eigenvalue weighted by Crippen LogP contribution is -2.40. The van der Waals surface area contributed by atoms with Gasteiger partial charge in [-0.1, -0.05) is 0 Å². The van der Waals surface area contributed by atoms with E-state index < -0.39 is 0 Å². The predicted molar refractivity (Wildman–Crippen MR) is 80.9 cm³/mol. The van der Waals surface area contributed by atoms with E-state index in [0.29, 0.717) is 24.2 Å². The fourth-order valence-corrected chi connectivity index (χ4v) is 3.08. The highest BCUT2D eigenvalue weighted by Gasteiger charge is 2.17. The fourth-order valence-electron chi connectivity index (χ4n) is 1.91. The molecule has 1 rings (SSSR count). The van der Waals surface area contributed by atoms with Crippen LogP contribution in [-0.4, -0.2) is 74.7 Å². The number of hydrogen-bond donors (Lipinski definition) is 2. The van der Waals surface area contributed by atoms with Gasteiger partial charge in [0.15, 0.2) is 0 Å². The first-order valence-electron chi connectivity index (χ1n) is 6.95. The smallest absolute Gasteiger partial charge is 0.239 e. The number of likely N-dealkylation sites (N-methyl/N-ethyl adjacent to an activating group) is 1. The lowest BCUT2D eigenvalue weighted by Gasteiger charge is -2.23. The van der Waals surface area contributed by atoms with Crippen LogP contribution in [0.2, 0.25) is 0 Å². The van der Waals surface area contributed by atoms with Gasteiger partial charge in [-0.3, -0.25) is 9.59 Å². The van der Waals surface area contributed by atoms with E-state index in [-0.39, 0.29) is 18.4 Å². The molecule has 7 heteroatoms. The highest BCUT2D eigenvalue weighted by atomic mass is 32.2. The summed E-state index contributed by atoms with van der Waals surface area (Å²) >= 11 is 1.70. The van der Waals surface area contributed by atoms with Crippen molar-refractivity contribution in [2.24, 2.45) is 0 Å². The Morgan fingerprint density at radius 1 is 1.40 bits per heavy atom. The summed E-state index contributed by atoms with van der Waals surface area (Å²) in [6, 6.07) is 0. The lowest BCUT2D eigenvalue weighted by molar-refractivity contribution is -0.132. The molecule has 0 atom stereocenters. The Labute approximate surface area is 125 Å². The molecule has 1 saturated heterocycles. The monoisotopic (exact) mass is 303 g/mol. The minimum Gasteiger partial charge on any atom is -0.383 e. The summed E-state index contributed by atoms with van der Waals surface area (Å²) in [4.78, 5) is 25.0. The number of carbonyl (C=O) groups is 2. The molecule has 0 saturated carbocycles. The van der Waals surface area contributed by atoms with Gasteiger partial charge in [-0.15, -0.1) is 11.8 Å². The van der Waals surface area contributed by atoms with E-state index in [1.165, 1.54) is 4.90 Å². The van der Waals surface area contributed by atoms with Crippen molar-refractivity contribution in [2.45, 2.75) is 18.1 Å². The number of thioether (sulfide) groups is 1. The van der Waals surface area contributed by atoms with Crippen LogP contribution in [0.25, 0.3) is 0 Å². The molecule has 116 valence electrons. The quantitative estimate of drug-likeness (QED) is 0.602. The van der Waals surface area contributed by atoms with Gasteiger partial charge in [0.25, 0.3) is 0 Å². The summed E-state index contributed by atoms with van der Waals surface area (Å²) in [5.74, 6) is 0.312. The van der Waals surface area contributed by atoms with E-state index in [4.69, 9.17) is 4.74 Å². The molecule has 0 aromatic heterocycles. The van der Waals surface area contributed by atoms with Gasteiger partial charge in [0.2, 0.25) is 11.8 Å².